The lowest BCUT2D eigenvalue weighted by atomic mass is 10.1. The Bertz CT molecular complexity index is 849. The summed E-state index contributed by atoms with van der Waals surface area (Å²) < 4.78 is 9.89. The average Bonchev–Trinajstić information content (AvgIpc) is 2.93. The van der Waals surface area contributed by atoms with Gasteiger partial charge in [0.05, 0.1) is 18.4 Å². The van der Waals surface area contributed by atoms with E-state index in [0.29, 0.717) is 16.8 Å². The Balaban J connectivity index is 2.09. The number of aromatic amines is 1. The molecule has 0 aliphatic heterocycles. The first-order valence-electron chi connectivity index (χ1n) is 8.10. The van der Waals surface area contributed by atoms with Gasteiger partial charge >= 0.3 is 11.9 Å². The quantitative estimate of drug-likeness (QED) is 0.488. The van der Waals surface area contributed by atoms with Crippen molar-refractivity contribution in [2.75, 3.05) is 7.11 Å². The summed E-state index contributed by atoms with van der Waals surface area (Å²) in [6, 6.07) is 9.27. The lowest BCUT2D eigenvalue weighted by Gasteiger charge is -2.10. The number of esters is 2. The number of ether oxygens (including phenoxy) is 2. The predicted octanol–water partition coefficient (Wildman–Crippen LogP) is 3.25. The first kappa shape index (κ1) is 19.2. The molecule has 2 rings (SSSR count). The zero-order chi connectivity index (χ0) is 19.3. The molecule has 6 heteroatoms. The second-order valence-electron chi connectivity index (χ2n) is 5.80. The highest BCUT2D eigenvalue weighted by Crippen LogP contribution is 2.20. The predicted molar refractivity (Wildman–Crippen MR) is 97.0 cm³/mol. The van der Waals surface area contributed by atoms with Crippen molar-refractivity contribution in [3.8, 4) is 0 Å². The highest BCUT2D eigenvalue weighted by Gasteiger charge is 2.26. The molecule has 0 amide bonds. The topological polar surface area (TPSA) is 85.5 Å². The smallest absolute Gasteiger partial charge is 0.339 e. The van der Waals surface area contributed by atoms with E-state index in [1.54, 1.807) is 19.9 Å². The molecule has 1 aromatic heterocycles. The van der Waals surface area contributed by atoms with Crippen LogP contribution < -0.4 is 0 Å². The van der Waals surface area contributed by atoms with Crippen molar-refractivity contribution in [2.24, 2.45) is 0 Å². The van der Waals surface area contributed by atoms with Gasteiger partial charge in [0.1, 0.15) is 0 Å². The standard InChI is InChI=1S/C20H21NO5/c1-12-17(20(24)25-4)13(2)21-18(12)19(23)14(3)26-16(22)11-10-15-8-6-5-7-9-15/h5-11,14,21H,1-4H3/b11-10+/t14-/m1/s1. The van der Waals surface area contributed by atoms with E-state index >= 15 is 0 Å². The molecular formula is C20H21NO5. The van der Waals surface area contributed by atoms with Crippen LogP contribution in [-0.4, -0.2) is 35.9 Å². The number of nitrogens with one attached hydrogen (secondary N) is 1. The molecule has 2 aromatic rings. The van der Waals surface area contributed by atoms with Crippen LogP contribution in [0.5, 0.6) is 0 Å². The molecular weight excluding hydrogens is 334 g/mol. The van der Waals surface area contributed by atoms with E-state index in [0.717, 1.165) is 5.56 Å². The van der Waals surface area contributed by atoms with Crippen LogP contribution >= 0.6 is 0 Å². The van der Waals surface area contributed by atoms with E-state index < -0.39 is 23.8 Å². The van der Waals surface area contributed by atoms with Crippen molar-refractivity contribution in [1.29, 1.82) is 0 Å². The van der Waals surface area contributed by atoms with Gasteiger partial charge in [0.15, 0.2) is 6.10 Å². The number of hydrogen-bond donors (Lipinski definition) is 1. The summed E-state index contributed by atoms with van der Waals surface area (Å²) in [5, 5.41) is 0. The minimum Gasteiger partial charge on any atom is -0.465 e. The second-order valence-corrected chi connectivity index (χ2v) is 5.80. The largest absolute Gasteiger partial charge is 0.465 e. The maximum Gasteiger partial charge on any atom is 0.339 e. The molecule has 1 heterocycles. The number of H-pyrrole nitrogens is 1. The highest BCUT2D eigenvalue weighted by atomic mass is 16.5. The monoisotopic (exact) mass is 355 g/mol. The van der Waals surface area contributed by atoms with Gasteiger partial charge in [-0.1, -0.05) is 30.3 Å². The molecule has 1 N–H and O–H groups in total. The lowest BCUT2D eigenvalue weighted by Crippen LogP contribution is -2.24. The number of carbonyl (C=O) groups excluding carboxylic acids is 3. The third kappa shape index (κ3) is 4.27. The second kappa shape index (κ2) is 8.29. The highest BCUT2D eigenvalue weighted by molar-refractivity contribution is 6.04. The number of ketones is 1. The van der Waals surface area contributed by atoms with E-state index in [9.17, 15) is 14.4 Å². The van der Waals surface area contributed by atoms with Crippen LogP contribution in [-0.2, 0) is 14.3 Å². The first-order chi connectivity index (χ1) is 12.3. The van der Waals surface area contributed by atoms with Gasteiger partial charge in [-0.05, 0) is 38.0 Å². The summed E-state index contributed by atoms with van der Waals surface area (Å²) in [5.41, 5.74) is 2.40. The number of methoxy groups -OCH3 is 1. The fourth-order valence-corrected chi connectivity index (χ4v) is 2.60. The summed E-state index contributed by atoms with van der Waals surface area (Å²) in [6.07, 6.45) is 1.88. The Morgan fingerprint density at radius 3 is 2.38 bits per heavy atom. The minimum atomic E-state index is -0.995. The molecule has 0 saturated carbocycles. The van der Waals surface area contributed by atoms with E-state index in [2.05, 4.69) is 4.98 Å². The maximum atomic E-state index is 12.6. The molecule has 26 heavy (non-hydrogen) atoms. The van der Waals surface area contributed by atoms with Crippen molar-refractivity contribution in [3.63, 3.8) is 0 Å². The van der Waals surface area contributed by atoms with Crippen LogP contribution in [0.15, 0.2) is 36.4 Å². The molecule has 0 aliphatic carbocycles. The summed E-state index contributed by atoms with van der Waals surface area (Å²) in [5.74, 6) is -1.56. The van der Waals surface area contributed by atoms with Crippen molar-refractivity contribution in [3.05, 3.63) is 64.5 Å². The molecule has 0 saturated heterocycles. The normalized spacial score (nSPS) is 12.0. The fraction of sp³-hybridized carbons (Fsp3) is 0.250. The Hall–Kier alpha value is -3.15. The average molecular weight is 355 g/mol. The lowest BCUT2D eigenvalue weighted by molar-refractivity contribution is -0.140. The maximum absolute atomic E-state index is 12.6. The van der Waals surface area contributed by atoms with Crippen LogP contribution in [0, 0.1) is 13.8 Å². The first-order valence-corrected chi connectivity index (χ1v) is 8.10. The van der Waals surface area contributed by atoms with Crippen LogP contribution in [0.4, 0.5) is 0 Å². The van der Waals surface area contributed by atoms with Gasteiger partial charge in [-0.3, -0.25) is 4.79 Å². The minimum absolute atomic E-state index is 0.232. The molecule has 0 aliphatic rings. The van der Waals surface area contributed by atoms with Crippen LogP contribution in [0.2, 0.25) is 0 Å². The molecule has 0 spiro atoms. The molecule has 136 valence electrons. The van der Waals surface area contributed by atoms with Gasteiger partial charge in [0.2, 0.25) is 5.78 Å². The number of carbonyl (C=O) groups is 3. The number of aryl methyl sites for hydroxylation is 1. The SMILES string of the molecule is COC(=O)c1c(C)[nH]c(C(=O)[C@@H](C)OC(=O)/C=C/c2ccccc2)c1C. The Morgan fingerprint density at radius 1 is 1.12 bits per heavy atom. The van der Waals surface area contributed by atoms with Crippen LogP contribution in [0.3, 0.4) is 0 Å². The van der Waals surface area contributed by atoms with Crippen molar-refractivity contribution in [1.82, 2.24) is 4.98 Å². The molecule has 0 fully saturated rings. The van der Waals surface area contributed by atoms with Gasteiger partial charge in [-0.2, -0.15) is 0 Å². The van der Waals surface area contributed by atoms with Gasteiger partial charge in [0, 0.05) is 11.8 Å². The van der Waals surface area contributed by atoms with E-state index in [-0.39, 0.29) is 5.69 Å². The molecule has 0 radical (unpaired) electrons. The third-order valence-electron chi connectivity index (χ3n) is 3.95. The number of benzene rings is 1. The number of hydrogen-bond acceptors (Lipinski definition) is 5. The van der Waals surface area contributed by atoms with Gasteiger partial charge < -0.3 is 14.5 Å². The van der Waals surface area contributed by atoms with E-state index in [1.807, 2.05) is 30.3 Å². The summed E-state index contributed by atoms with van der Waals surface area (Å²) in [4.78, 5) is 39.2. The molecule has 1 aromatic carbocycles. The molecule has 0 bridgehead atoms. The molecule has 0 unspecified atom stereocenters. The summed E-state index contributed by atoms with van der Waals surface area (Å²) in [6.45, 7) is 4.81. The van der Waals surface area contributed by atoms with E-state index in [4.69, 9.17) is 9.47 Å². The zero-order valence-electron chi connectivity index (χ0n) is 15.2. The number of rotatable bonds is 6. The Labute approximate surface area is 151 Å². The summed E-state index contributed by atoms with van der Waals surface area (Å²) in [7, 11) is 1.28. The fourth-order valence-electron chi connectivity index (χ4n) is 2.60. The van der Waals surface area contributed by atoms with Crippen LogP contribution in [0.25, 0.3) is 6.08 Å². The zero-order valence-corrected chi connectivity index (χ0v) is 15.2. The molecule has 1 atom stereocenters. The molecule has 6 nitrogen and oxygen atoms in total. The Kier molecular flexibility index (Phi) is 6.11. The van der Waals surface area contributed by atoms with Gasteiger partial charge in [0.25, 0.3) is 0 Å². The van der Waals surface area contributed by atoms with Crippen molar-refractivity contribution in [2.45, 2.75) is 26.9 Å². The van der Waals surface area contributed by atoms with Crippen LogP contribution in [0.1, 0.15) is 44.6 Å². The number of aromatic nitrogens is 1. The van der Waals surface area contributed by atoms with Gasteiger partial charge in [-0.15, -0.1) is 0 Å². The van der Waals surface area contributed by atoms with Crippen molar-refractivity contribution >= 4 is 23.8 Å². The van der Waals surface area contributed by atoms with Gasteiger partial charge in [-0.25, -0.2) is 9.59 Å². The number of Topliss-reactive ketones (excluding diaryl/α,β-unsaturated/α-hetero) is 1. The van der Waals surface area contributed by atoms with Crippen molar-refractivity contribution < 1.29 is 23.9 Å². The van der Waals surface area contributed by atoms with E-state index in [1.165, 1.54) is 20.1 Å². The Morgan fingerprint density at radius 2 is 1.77 bits per heavy atom. The third-order valence-corrected chi connectivity index (χ3v) is 3.95. The summed E-state index contributed by atoms with van der Waals surface area (Å²) >= 11 is 0.